The van der Waals surface area contributed by atoms with Gasteiger partial charge in [-0.05, 0) is 20.8 Å². The molecule has 2 aromatic rings. The molecule has 2 heterocycles. The van der Waals surface area contributed by atoms with Crippen molar-refractivity contribution in [1.82, 2.24) is 29.7 Å². The van der Waals surface area contributed by atoms with Crippen molar-refractivity contribution < 1.29 is 23.6 Å². The number of methoxy groups -OCH3 is 1. The molecule has 0 aliphatic carbocycles. The number of rotatable bonds is 11. The molecule has 0 radical (unpaired) electrons. The lowest BCUT2D eigenvalue weighted by Crippen LogP contribution is -2.41. The number of fused-ring (bicyclic) bond motifs is 1. The highest BCUT2D eigenvalue weighted by Gasteiger charge is 2.30. The fourth-order valence-corrected chi connectivity index (χ4v) is 4.70. The maximum absolute atomic E-state index is 13.2. The number of aromatic nitrogens is 4. The van der Waals surface area contributed by atoms with Crippen LogP contribution in [-0.2, 0) is 30.2 Å². The van der Waals surface area contributed by atoms with Gasteiger partial charge in [-0.15, -0.1) is 0 Å². The Bertz CT molecular complexity index is 1020. The highest BCUT2D eigenvalue weighted by molar-refractivity contribution is 7.59. The zero-order valence-corrected chi connectivity index (χ0v) is 18.1. The van der Waals surface area contributed by atoms with E-state index in [0.717, 1.165) is 0 Å². The first-order valence-corrected chi connectivity index (χ1v) is 11.0. The SMILES string of the molecule is COC(=O)[C@H](C)NP(=O)(COCCn1cnc2c(=O)[nH]c(N)nc21)N[C@@H](C)C(C)=O. The van der Waals surface area contributed by atoms with Gasteiger partial charge in [-0.3, -0.25) is 23.9 Å². The van der Waals surface area contributed by atoms with Crippen molar-refractivity contribution >= 4 is 36.3 Å². The molecule has 5 N–H and O–H groups in total. The Labute approximate surface area is 172 Å². The number of hydrogen-bond acceptors (Lipinski definition) is 9. The Kier molecular flexibility index (Phi) is 7.84. The number of hydrogen-bond donors (Lipinski definition) is 4. The molecule has 13 nitrogen and oxygen atoms in total. The highest BCUT2D eigenvalue weighted by Crippen LogP contribution is 2.37. The molecular formula is C16H26N7O6P. The van der Waals surface area contributed by atoms with Crippen LogP contribution in [0, 0.1) is 0 Å². The van der Waals surface area contributed by atoms with Gasteiger partial charge in [0.05, 0.1) is 26.1 Å². The number of nitrogens with zero attached hydrogens (tertiary/aromatic N) is 3. The fourth-order valence-electron chi connectivity index (χ4n) is 2.55. The highest BCUT2D eigenvalue weighted by atomic mass is 31.2. The van der Waals surface area contributed by atoms with Gasteiger partial charge in [0.2, 0.25) is 13.4 Å². The van der Waals surface area contributed by atoms with Crippen molar-refractivity contribution in [3.05, 3.63) is 16.7 Å². The molecule has 0 fully saturated rings. The lowest BCUT2D eigenvalue weighted by Gasteiger charge is -2.25. The molecule has 30 heavy (non-hydrogen) atoms. The molecule has 0 aromatic carbocycles. The summed E-state index contributed by atoms with van der Waals surface area (Å²) in [6, 6.07) is -1.60. The normalized spacial score (nSPS) is 15.5. The molecule has 1 unspecified atom stereocenters. The summed E-state index contributed by atoms with van der Waals surface area (Å²) >= 11 is 0. The number of esters is 1. The van der Waals surface area contributed by atoms with Crippen molar-refractivity contribution in [3.8, 4) is 0 Å². The summed E-state index contributed by atoms with van der Waals surface area (Å²) in [5, 5.41) is 5.38. The first kappa shape index (κ1) is 23.7. The Balaban J connectivity index is 2.04. The molecular weight excluding hydrogens is 417 g/mol. The van der Waals surface area contributed by atoms with Crippen LogP contribution < -0.4 is 21.5 Å². The van der Waals surface area contributed by atoms with Gasteiger partial charge in [0.25, 0.3) is 5.56 Å². The summed E-state index contributed by atoms with van der Waals surface area (Å²) in [6.45, 7) is 4.75. The van der Waals surface area contributed by atoms with Crippen LogP contribution >= 0.6 is 7.44 Å². The summed E-state index contributed by atoms with van der Waals surface area (Å²) in [6.07, 6.45) is 1.12. The van der Waals surface area contributed by atoms with E-state index in [9.17, 15) is 18.9 Å². The number of ketones is 1. The summed E-state index contributed by atoms with van der Waals surface area (Å²) < 4.78 is 25.0. The van der Waals surface area contributed by atoms with Gasteiger partial charge in [0.1, 0.15) is 18.2 Å². The van der Waals surface area contributed by atoms with E-state index in [0.29, 0.717) is 5.65 Å². The lowest BCUT2D eigenvalue weighted by molar-refractivity contribution is -0.142. The molecule has 3 atom stereocenters. The van der Waals surface area contributed by atoms with Crippen molar-refractivity contribution in [3.63, 3.8) is 0 Å². The Morgan fingerprint density at radius 1 is 1.33 bits per heavy atom. The van der Waals surface area contributed by atoms with Gasteiger partial charge < -0.3 is 19.8 Å². The third-order valence-corrected chi connectivity index (χ3v) is 6.37. The van der Waals surface area contributed by atoms with E-state index in [-0.39, 0.29) is 36.7 Å². The van der Waals surface area contributed by atoms with E-state index < -0.39 is 31.1 Å². The predicted octanol–water partition coefficient (Wildman–Crippen LogP) is -0.413. The summed E-state index contributed by atoms with van der Waals surface area (Å²) in [4.78, 5) is 45.5. The second kappa shape index (κ2) is 9.94. The molecule has 2 aromatic heterocycles. The molecule has 166 valence electrons. The van der Waals surface area contributed by atoms with Gasteiger partial charge in [0, 0.05) is 6.54 Å². The minimum absolute atomic E-state index is 0.0388. The van der Waals surface area contributed by atoms with E-state index in [1.165, 1.54) is 27.3 Å². The van der Waals surface area contributed by atoms with E-state index >= 15 is 0 Å². The molecule has 14 heteroatoms. The number of nitrogen functional groups attached to an aromatic ring is 1. The first-order chi connectivity index (χ1) is 14.1. The molecule has 0 saturated heterocycles. The zero-order chi connectivity index (χ0) is 22.5. The topological polar surface area (TPSA) is 183 Å². The van der Waals surface area contributed by atoms with Gasteiger partial charge in [-0.25, -0.2) is 15.2 Å². The maximum atomic E-state index is 13.2. The van der Waals surface area contributed by atoms with Crippen LogP contribution in [0.4, 0.5) is 5.95 Å². The third-order valence-electron chi connectivity index (χ3n) is 4.21. The third kappa shape index (κ3) is 5.95. The largest absolute Gasteiger partial charge is 0.468 e. The Hall–Kier alpha value is -2.60. The minimum atomic E-state index is -3.48. The van der Waals surface area contributed by atoms with Crippen LogP contribution in [0.2, 0.25) is 0 Å². The Morgan fingerprint density at radius 3 is 2.63 bits per heavy atom. The van der Waals surface area contributed by atoms with Crippen LogP contribution in [0.25, 0.3) is 11.2 Å². The van der Waals surface area contributed by atoms with E-state index in [1.54, 1.807) is 11.5 Å². The molecule has 2 rings (SSSR count). The minimum Gasteiger partial charge on any atom is -0.468 e. The second-order valence-corrected chi connectivity index (χ2v) is 8.93. The van der Waals surface area contributed by atoms with Crippen molar-refractivity contribution in [1.29, 1.82) is 0 Å². The Morgan fingerprint density at radius 2 is 2.00 bits per heavy atom. The van der Waals surface area contributed by atoms with Crippen LogP contribution in [-0.4, -0.2) is 63.4 Å². The number of nitrogens with one attached hydrogen (secondary N) is 3. The monoisotopic (exact) mass is 443 g/mol. The summed E-state index contributed by atoms with van der Waals surface area (Å²) in [5.74, 6) is -0.865. The average molecular weight is 443 g/mol. The lowest BCUT2D eigenvalue weighted by atomic mass is 10.3. The van der Waals surface area contributed by atoms with Crippen molar-refractivity contribution in [2.75, 3.05) is 25.8 Å². The number of imidazole rings is 1. The molecule has 0 saturated carbocycles. The smallest absolute Gasteiger partial charge is 0.322 e. The summed E-state index contributed by atoms with van der Waals surface area (Å²) in [7, 11) is -2.27. The van der Waals surface area contributed by atoms with Crippen LogP contribution in [0.1, 0.15) is 20.8 Å². The van der Waals surface area contributed by atoms with E-state index in [2.05, 4.69) is 29.9 Å². The average Bonchev–Trinajstić information content (AvgIpc) is 3.07. The fraction of sp³-hybridized carbons (Fsp3) is 0.562. The van der Waals surface area contributed by atoms with Gasteiger partial charge in [0.15, 0.2) is 11.2 Å². The number of nitrogens with two attached hydrogens (primary N) is 1. The number of ether oxygens (including phenoxy) is 2. The molecule has 0 aliphatic rings. The van der Waals surface area contributed by atoms with Gasteiger partial charge >= 0.3 is 5.97 Å². The number of aromatic amines is 1. The number of carbonyl (C=O) groups excluding carboxylic acids is 2. The maximum Gasteiger partial charge on any atom is 0.322 e. The zero-order valence-electron chi connectivity index (χ0n) is 17.2. The second-order valence-electron chi connectivity index (χ2n) is 6.67. The summed E-state index contributed by atoms with van der Waals surface area (Å²) in [5.41, 5.74) is 5.54. The first-order valence-electron chi connectivity index (χ1n) is 9.07. The standard InChI is InChI=1S/C16H26N7O6P/c1-9(11(3)24)21-30(27,22-10(2)15(26)28-4)8-29-6-5-23-7-18-12-13(23)19-16(17)20-14(12)25/h7,9-10H,5-6,8H2,1-4H3,(H2,21,22,27)(H3,17,19,20,25)/t9-,10-,30?/m0/s1. The number of carbonyl (C=O) groups is 2. The van der Waals surface area contributed by atoms with Crippen molar-refractivity contribution in [2.45, 2.75) is 39.4 Å². The number of anilines is 1. The number of Topliss-reactive ketones (excluding diaryl/α,β-unsaturated/α-hetero) is 1. The predicted molar refractivity (Wildman–Crippen MR) is 109 cm³/mol. The quantitative estimate of drug-likeness (QED) is 0.201. The number of H-pyrrole nitrogens is 1. The molecule has 0 spiro atoms. The van der Waals surface area contributed by atoms with Gasteiger partial charge in [-0.1, -0.05) is 0 Å². The van der Waals surface area contributed by atoms with Crippen LogP contribution in [0.15, 0.2) is 11.1 Å². The van der Waals surface area contributed by atoms with E-state index in [1.807, 2.05) is 0 Å². The van der Waals surface area contributed by atoms with Crippen molar-refractivity contribution in [2.24, 2.45) is 0 Å². The molecule has 0 aliphatic heterocycles. The van der Waals surface area contributed by atoms with Crippen LogP contribution in [0.5, 0.6) is 0 Å². The molecule has 0 amide bonds. The van der Waals surface area contributed by atoms with Gasteiger partial charge in [-0.2, -0.15) is 4.98 Å². The van der Waals surface area contributed by atoms with Crippen LogP contribution in [0.3, 0.4) is 0 Å². The molecule has 0 bridgehead atoms. The van der Waals surface area contributed by atoms with E-state index in [4.69, 9.17) is 10.5 Å².